The van der Waals surface area contributed by atoms with Gasteiger partial charge in [-0.05, 0) is 92.4 Å². The van der Waals surface area contributed by atoms with Crippen LogP contribution in [-0.2, 0) is 6.18 Å². The third-order valence-corrected chi connectivity index (χ3v) is 4.93. The van der Waals surface area contributed by atoms with Crippen molar-refractivity contribution in [2.75, 3.05) is 4.90 Å². The summed E-state index contributed by atoms with van der Waals surface area (Å²) in [6, 6.07) is 17.3. The van der Waals surface area contributed by atoms with Gasteiger partial charge in [-0.15, -0.1) is 0 Å². The van der Waals surface area contributed by atoms with Crippen molar-refractivity contribution in [3.8, 4) is 0 Å². The fourth-order valence-corrected chi connectivity index (χ4v) is 3.00. The Morgan fingerprint density at radius 1 is 0.593 bits per heavy atom. The average Bonchev–Trinajstić information content (AvgIpc) is 2.61. The average molecular weight is 369 g/mol. The Labute approximate surface area is 158 Å². The topological polar surface area (TPSA) is 3.24 Å². The molecule has 0 saturated carbocycles. The maximum absolute atomic E-state index is 13.3. The molecule has 0 unspecified atom stereocenters. The highest BCUT2D eigenvalue weighted by molar-refractivity contribution is 5.77. The van der Waals surface area contributed by atoms with E-state index in [1.807, 2.05) is 69.0 Å². The number of alkyl halides is 3. The maximum atomic E-state index is 13.3. The van der Waals surface area contributed by atoms with Crippen molar-refractivity contribution in [1.82, 2.24) is 0 Å². The number of rotatable bonds is 3. The normalized spacial score (nSPS) is 11.5. The van der Waals surface area contributed by atoms with Gasteiger partial charge in [0.2, 0.25) is 0 Å². The summed E-state index contributed by atoms with van der Waals surface area (Å²) in [6.45, 7) is 8.04. The van der Waals surface area contributed by atoms with Crippen LogP contribution in [0.4, 0.5) is 30.2 Å². The highest BCUT2D eigenvalue weighted by Gasteiger charge is 2.31. The largest absolute Gasteiger partial charge is 0.416 e. The zero-order valence-electron chi connectivity index (χ0n) is 15.9. The van der Waals surface area contributed by atoms with Crippen LogP contribution < -0.4 is 4.90 Å². The zero-order valence-corrected chi connectivity index (χ0v) is 15.9. The number of hydrogen-bond acceptors (Lipinski definition) is 1. The zero-order chi connectivity index (χ0) is 19.8. The van der Waals surface area contributed by atoms with Gasteiger partial charge in [-0.3, -0.25) is 0 Å². The van der Waals surface area contributed by atoms with Crippen molar-refractivity contribution in [2.24, 2.45) is 0 Å². The molecule has 0 aliphatic rings. The standard InChI is InChI=1S/C23H22F3N/c1-15-8-10-21(12-17(15)3)27(22-11-9-16(2)18(4)13-22)20-7-5-6-19(14-20)23(24,25)26/h5-14H,1-4H3. The molecule has 3 aromatic carbocycles. The van der Waals surface area contributed by atoms with Crippen LogP contribution in [-0.4, -0.2) is 0 Å². The van der Waals surface area contributed by atoms with E-state index >= 15 is 0 Å². The van der Waals surface area contributed by atoms with Gasteiger partial charge in [-0.1, -0.05) is 18.2 Å². The van der Waals surface area contributed by atoms with Crippen molar-refractivity contribution in [3.05, 3.63) is 88.5 Å². The first-order chi connectivity index (χ1) is 12.7. The fraction of sp³-hybridized carbons (Fsp3) is 0.217. The Bertz CT molecular complexity index is 922. The molecule has 0 amide bonds. The van der Waals surface area contributed by atoms with Crippen molar-refractivity contribution >= 4 is 17.1 Å². The summed E-state index contributed by atoms with van der Waals surface area (Å²) in [7, 11) is 0. The van der Waals surface area contributed by atoms with E-state index in [0.29, 0.717) is 5.69 Å². The van der Waals surface area contributed by atoms with Gasteiger partial charge in [-0.2, -0.15) is 13.2 Å². The van der Waals surface area contributed by atoms with E-state index < -0.39 is 11.7 Å². The van der Waals surface area contributed by atoms with Crippen LogP contribution in [0.3, 0.4) is 0 Å². The number of nitrogens with zero attached hydrogens (tertiary/aromatic N) is 1. The molecular weight excluding hydrogens is 347 g/mol. The number of anilines is 3. The van der Waals surface area contributed by atoms with Gasteiger partial charge < -0.3 is 4.90 Å². The van der Waals surface area contributed by atoms with Gasteiger partial charge in [0.05, 0.1) is 5.56 Å². The molecule has 0 saturated heterocycles. The van der Waals surface area contributed by atoms with Crippen LogP contribution in [0.2, 0.25) is 0 Å². The number of aryl methyl sites for hydroxylation is 4. The van der Waals surface area contributed by atoms with Crippen LogP contribution in [0, 0.1) is 27.7 Å². The minimum atomic E-state index is -4.38. The van der Waals surface area contributed by atoms with Crippen LogP contribution in [0.1, 0.15) is 27.8 Å². The summed E-state index contributed by atoms with van der Waals surface area (Å²) in [5, 5.41) is 0. The molecule has 0 aliphatic heterocycles. The SMILES string of the molecule is Cc1ccc(N(c2cccc(C(F)(F)F)c2)c2ccc(C)c(C)c2)cc1C. The van der Waals surface area contributed by atoms with E-state index in [2.05, 4.69) is 0 Å². The number of hydrogen-bond donors (Lipinski definition) is 0. The molecule has 0 spiro atoms. The molecule has 0 aromatic heterocycles. The van der Waals surface area contributed by atoms with Crippen LogP contribution in [0.25, 0.3) is 0 Å². The predicted octanol–water partition coefficient (Wildman–Crippen LogP) is 7.41. The molecule has 27 heavy (non-hydrogen) atoms. The molecule has 0 fully saturated rings. The van der Waals surface area contributed by atoms with Crippen molar-refractivity contribution in [1.29, 1.82) is 0 Å². The fourth-order valence-electron chi connectivity index (χ4n) is 3.00. The Morgan fingerprint density at radius 3 is 1.52 bits per heavy atom. The quantitative estimate of drug-likeness (QED) is 0.464. The minimum absolute atomic E-state index is 0.483. The maximum Gasteiger partial charge on any atom is 0.416 e. The molecule has 0 aliphatic carbocycles. The third-order valence-electron chi connectivity index (χ3n) is 4.93. The minimum Gasteiger partial charge on any atom is -0.310 e. The highest BCUT2D eigenvalue weighted by Crippen LogP contribution is 2.39. The molecule has 0 bridgehead atoms. The summed E-state index contributed by atoms with van der Waals surface area (Å²) >= 11 is 0. The first kappa shape index (κ1) is 19.0. The van der Waals surface area contributed by atoms with Crippen molar-refractivity contribution in [3.63, 3.8) is 0 Å². The van der Waals surface area contributed by atoms with E-state index in [4.69, 9.17) is 0 Å². The molecule has 1 nitrogen and oxygen atoms in total. The Kier molecular flexibility index (Phi) is 5.01. The lowest BCUT2D eigenvalue weighted by atomic mass is 10.0. The van der Waals surface area contributed by atoms with E-state index in [-0.39, 0.29) is 0 Å². The monoisotopic (exact) mass is 369 g/mol. The molecule has 4 heteroatoms. The van der Waals surface area contributed by atoms with Gasteiger partial charge in [0, 0.05) is 17.1 Å². The Hall–Kier alpha value is -2.75. The lowest BCUT2D eigenvalue weighted by molar-refractivity contribution is -0.137. The van der Waals surface area contributed by atoms with Gasteiger partial charge >= 0.3 is 6.18 Å². The third kappa shape index (κ3) is 4.00. The predicted molar refractivity (Wildman–Crippen MR) is 105 cm³/mol. The lowest BCUT2D eigenvalue weighted by Crippen LogP contribution is -2.13. The van der Waals surface area contributed by atoms with E-state index in [1.54, 1.807) is 6.07 Å². The molecule has 3 rings (SSSR count). The van der Waals surface area contributed by atoms with Crippen LogP contribution in [0.15, 0.2) is 60.7 Å². The van der Waals surface area contributed by atoms with E-state index in [9.17, 15) is 13.2 Å². The van der Waals surface area contributed by atoms with Crippen LogP contribution >= 0.6 is 0 Å². The van der Waals surface area contributed by atoms with E-state index in [1.165, 1.54) is 12.1 Å². The molecule has 0 radical (unpaired) electrons. The molecule has 0 N–H and O–H groups in total. The highest BCUT2D eigenvalue weighted by atomic mass is 19.4. The van der Waals surface area contributed by atoms with Gasteiger partial charge in [0.25, 0.3) is 0 Å². The summed E-state index contributed by atoms with van der Waals surface area (Å²) in [5.41, 5.74) is 5.96. The van der Waals surface area contributed by atoms with E-state index in [0.717, 1.165) is 39.7 Å². The number of benzene rings is 3. The lowest BCUT2D eigenvalue weighted by Gasteiger charge is -2.27. The second-order valence-corrected chi connectivity index (χ2v) is 6.92. The summed E-state index contributed by atoms with van der Waals surface area (Å²) in [5.74, 6) is 0. The first-order valence-corrected chi connectivity index (χ1v) is 8.79. The Balaban J connectivity index is 2.21. The van der Waals surface area contributed by atoms with Gasteiger partial charge in [0.1, 0.15) is 0 Å². The van der Waals surface area contributed by atoms with Crippen LogP contribution in [0.5, 0.6) is 0 Å². The summed E-state index contributed by atoms with van der Waals surface area (Å²) in [6.07, 6.45) is -4.38. The first-order valence-electron chi connectivity index (χ1n) is 8.79. The second-order valence-electron chi connectivity index (χ2n) is 6.92. The van der Waals surface area contributed by atoms with Crippen molar-refractivity contribution < 1.29 is 13.2 Å². The summed E-state index contributed by atoms with van der Waals surface area (Å²) < 4.78 is 39.8. The second kappa shape index (κ2) is 7.10. The molecule has 3 aromatic rings. The smallest absolute Gasteiger partial charge is 0.310 e. The number of halogens is 3. The molecule has 0 heterocycles. The molecule has 0 atom stereocenters. The Morgan fingerprint density at radius 2 is 1.07 bits per heavy atom. The molecule has 140 valence electrons. The van der Waals surface area contributed by atoms with Gasteiger partial charge in [-0.25, -0.2) is 0 Å². The summed E-state index contributed by atoms with van der Waals surface area (Å²) in [4.78, 5) is 1.87. The van der Waals surface area contributed by atoms with Gasteiger partial charge in [0.15, 0.2) is 0 Å². The molecular formula is C23H22F3N. The van der Waals surface area contributed by atoms with Crippen molar-refractivity contribution in [2.45, 2.75) is 33.9 Å².